The number of anilines is 2. The van der Waals surface area contributed by atoms with E-state index in [1.165, 1.54) is 41.3 Å². The fraction of sp³-hybridized carbons (Fsp3) is 0.292. The van der Waals surface area contributed by atoms with Gasteiger partial charge in [-0.15, -0.1) is 0 Å². The first-order chi connectivity index (χ1) is 16.8. The summed E-state index contributed by atoms with van der Waals surface area (Å²) >= 11 is 0. The highest BCUT2D eigenvalue weighted by molar-refractivity contribution is 5.97. The molecule has 2 aliphatic heterocycles. The van der Waals surface area contributed by atoms with E-state index >= 15 is 0 Å². The molecular weight excluding hydrogens is 459 g/mol. The molecule has 10 nitrogen and oxygen atoms in total. The van der Waals surface area contributed by atoms with Crippen LogP contribution in [0.2, 0.25) is 0 Å². The molecule has 1 atom stereocenters. The van der Waals surface area contributed by atoms with E-state index < -0.39 is 29.8 Å². The first-order valence-corrected chi connectivity index (χ1v) is 11.0. The predicted octanol–water partition coefficient (Wildman–Crippen LogP) is 1.62. The third kappa shape index (κ3) is 5.69. The third-order valence-corrected chi connectivity index (χ3v) is 5.69. The van der Waals surface area contributed by atoms with Crippen molar-refractivity contribution in [1.29, 1.82) is 0 Å². The number of hydrogen-bond donors (Lipinski definition) is 3. The van der Waals surface area contributed by atoms with Crippen molar-refractivity contribution in [2.45, 2.75) is 6.10 Å². The first kappa shape index (κ1) is 24.0. The smallest absolute Gasteiger partial charge is 0.414 e. The molecule has 2 fully saturated rings. The van der Waals surface area contributed by atoms with E-state index in [0.29, 0.717) is 43.2 Å². The summed E-state index contributed by atoms with van der Waals surface area (Å²) in [6.07, 6.45) is 1.46. The number of nitrogens with two attached hydrogens (primary N) is 1. The average Bonchev–Trinajstić information content (AvgIpc) is 3.23. The fourth-order valence-corrected chi connectivity index (χ4v) is 3.86. The first-order valence-electron chi connectivity index (χ1n) is 11.0. The van der Waals surface area contributed by atoms with Crippen LogP contribution < -0.4 is 20.9 Å². The Morgan fingerprint density at radius 3 is 2.69 bits per heavy atom. The van der Waals surface area contributed by atoms with Crippen LogP contribution in [0.25, 0.3) is 6.08 Å². The SMILES string of the molecule is NC(=O)c1cc(/C=C/C(=O)NC[C@H]2CN(c3ccc(N4CCOCC4)c(F)c3)C(=O)O2)ccc1O. The number of cyclic esters (lactones) is 1. The molecule has 0 spiro atoms. The second-order valence-corrected chi connectivity index (χ2v) is 8.07. The monoisotopic (exact) mass is 484 g/mol. The zero-order chi connectivity index (χ0) is 24.9. The van der Waals surface area contributed by atoms with E-state index in [-0.39, 0.29) is 24.4 Å². The standard InChI is InChI=1S/C24H25FN4O6/c25-19-12-16(3-4-20(19)28-7-9-34-10-8-28)29-14-17(35-24(29)33)13-27-22(31)6-2-15-1-5-21(30)18(11-15)23(26)32/h1-6,11-12,17,30H,7-10,13-14H2,(H2,26,32)(H,27,31)/b6-2+/t17-/m0/s1. The summed E-state index contributed by atoms with van der Waals surface area (Å²) in [5, 5.41) is 12.3. The zero-order valence-corrected chi connectivity index (χ0v) is 18.8. The highest BCUT2D eigenvalue weighted by Crippen LogP contribution is 2.28. The lowest BCUT2D eigenvalue weighted by Gasteiger charge is -2.29. The van der Waals surface area contributed by atoms with Crippen molar-refractivity contribution in [3.8, 4) is 5.75 Å². The van der Waals surface area contributed by atoms with Gasteiger partial charge in [0.1, 0.15) is 17.7 Å². The Balaban J connectivity index is 1.32. The number of benzene rings is 2. The van der Waals surface area contributed by atoms with E-state index in [4.69, 9.17) is 15.2 Å². The third-order valence-electron chi connectivity index (χ3n) is 5.69. The Hall–Kier alpha value is -4.12. The molecule has 3 amide bonds. The van der Waals surface area contributed by atoms with Crippen LogP contribution in [0.3, 0.4) is 0 Å². The van der Waals surface area contributed by atoms with Gasteiger partial charge in [-0.25, -0.2) is 9.18 Å². The number of carbonyl (C=O) groups excluding carboxylic acids is 3. The molecule has 2 saturated heterocycles. The predicted molar refractivity (Wildman–Crippen MR) is 126 cm³/mol. The summed E-state index contributed by atoms with van der Waals surface area (Å²) < 4.78 is 25.3. The van der Waals surface area contributed by atoms with Crippen molar-refractivity contribution < 1.29 is 33.4 Å². The summed E-state index contributed by atoms with van der Waals surface area (Å²) in [4.78, 5) is 39.0. The van der Waals surface area contributed by atoms with Gasteiger partial charge in [0.2, 0.25) is 5.91 Å². The maximum absolute atomic E-state index is 14.7. The lowest BCUT2D eigenvalue weighted by Crippen LogP contribution is -2.36. The summed E-state index contributed by atoms with van der Waals surface area (Å²) in [7, 11) is 0. The Bertz CT molecular complexity index is 1160. The lowest BCUT2D eigenvalue weighted by molar-refractivity contribution is -0.116. The lowest BCUT2D eigenvalue weighted by atomic mass is 10.1. The molecule has 4 rings (SSSR count). The van der Waals surface area contributed by atoms with Gasteiger partial charge >= 0.3 is 6.09 Å². The number of ether oxygens (including phenoxy) is 2. The quantitative estimate of drug-likeness (QED) is 0.509. The van der Waals surface area contributed by atoms with Crippen LogP contribution in [-0.2, 0) is 14.3 Å². The number of halogens is 1. The molecule has 2 heterocycles. The minimum atomic E-state index is -0.787. The number of primary amides is 1. The molecule has 0 radical (unpaired) electrons. The molecule has 11 heteroatoms. The molecule has 0 unspecified atom stereocenters. The molecule has 0 aliphatic carbocycles. The molecule has 184 valence electrons. The molecule has 0 bridgehead atoms. The molecule has 35 heavy (non-hydrogen) atoms. The second kappa shape index (κ2) is 10.4. The topological polar surface area (TPSA) is 134 Å². The number of morpholine rings is 1. The van der Waals surface area contributed by atoms with Crippen LogP contribution in [0.15, 0.2) is 42.5 Å². The van der Waals surface area contributed by atoms with E-state index in [1.54, 1.807) is 12.1 Å². The Labute approximate surface area is 200 Å². The van der Waals surface area contributed by atoms with Crippen molar-refractivity contribution in [2.24, 2.45) is 5.73 Å². The maximum atomic E-state index is 14.7. The molecule has 0 saturated carbocycles. The molecule has 2 aromatic carbocycles. The normalized spacial score (nSPS) is 18.1. The second-order valence-electron chi connectivity index (χ2n) is 8.07. The number of carbonyl (C=O) groups is 3. The highest BCUT2D eigenvalue weighted by Gasteiger charge is 2.33. The molecule has 0 aromatic heterocycles. The van der Waals surface area contributed by atoms with E-state index in [2.05, 4.69) is 5.32 Å². The summed E-state index contributed by atoms with van der Waals surface area (Å²) in [5.41, 5.74) is 6.46. The highest BCUT2D eigenvalue weighted by atomic mass is 19.1. The van der Waals surface area contributed by atoms with Gasteiger partial charge in [-0.1, -0.05) is 6.07 Å². The van der Waals surface area contributed by atoms with Gasteiger partial charge in [0.25, 0.3) is 5.91 Å². The number of amides is 3. The Kier molecular flexibility index (Phi) is 7.16. The van der Waals surface area contributed by atoms with Gasteiger partial charge in [0.05, 0.1) is 43.2 Å². The van der Waals surface area contributed by atoms with E-state index in [0.717, 1.165) is 0 Å². The van der Waals surface area contributed by atoms with Crippen molar-refractivity contribution in [3.63, 3.8) is 0 Å². The van der Waals surface area contributed by atoms with E-state index in [9.17, 15) is 23.9 Å². The number of rotatable bonds is 7. The van der Waals surface area contributed by atoms with Crippen LogP contribution in [-0.4, -0.2) is 68.5 Å². The van der Waals surface area contributed by atoms with Gasteiger partial charge in [0, 0.05) is 19.2 Å². The van der Waals surface area contributed by atoms with Crippen LogP contribution in [0.1, 0.15) is 15.9 Å². The van der Waals surface area contributed by atoms with E-state index in [1.807, 2.05) is 4.90 Å². The number of aromatic hydroxyl groups is 1. The Morgan fingerprint density at radius 2 is 1.97 bits per heavy atom. The van der Waals surface area contributed by atoms with Gasteiger partial charge in [-0.2, -0.15) is 0 Å². The molecular formula is C24H25FN4O6. The van der Waals surface area contributed by atoms with Crippen molar-refractivity contribution >= 4 is 35.4 Å². The molecule has 4 N–H and O–H groups in total. The number of phenols is 1. The minimum Gasteiger partial charge on any atom is -0.507 e. The molecule has 2 aromatic rings. The van der Waals surface area contributed by atoms with Gasteiger partial charge < -0.3 is 30.5 Å². The largest absolute Gasteiger partial charge is 0.507 e. The minimum absolute atomic E-state index is 0.0556. The van der Waals surface area contributed by atoms with Crippen molar-refractivity contribution in [3.05, 3.63) is 59.4 Å². The van der Waals surface area contributed by atoms with Crippen LogP contribution in [0.5, 0.6) is 5.75 Å². The van der Waals surface area contributed by atoms with Crippen LogP contribution in [0, 0.1) is 5.82 Å². The maximum Gasteiger partial charge on any atom is 0.414 e. The zero-order valence-electron chi connectivity index (χ0n) is 18.8. The van der Waals surface area contributed by atoms with Crippen molar-refractivity contribution in [1.82, 2.24) is 5.32 Å². The number of hydrogen-bond acceptors (Lipinski definition) is 7. The molecule has 2 aliphatic rings. The van der Waals surface area contributed by atoms with Gasteiger partial charge in [-0.3, -0.25) is 14.5 Å². The summed E-state index contributed by atoms with van der Waals surface area (Å²) in [6, 6.07) is 8.79. The van der Waals surface area contributed by atoms with Gasteiger partial charge in [-0.05, 0) is 42.0 Å². The number of nitrogens with zero attached hydrogens (tertiary/aromatic N) is 2. The fourth-order valence-electron chi connectivity index (χ4n) is 3.86. The summed E-state index contributed by atoms with van der Waals surface area (Å²) in [6.45, 7) is 2.47. The van der Waals surface area contributed by atoms with Crippen LogP contribution >= 0.6 is 0 Å². The van der Waals surface area contributed by atoms with Crippen LogP contribution in [0.4, 0.5) is 20.6 Å². The summed E-state index contributed by atoms with van der Waals surface area (Å²) in [5.74, 6) is -1.92. The van der Waals surface area contributed by atoms with Crippen molar-refractivity contribution in [2.75, 3.05) is 49.2 Å². The Morgan fingerprint density at radius 1 is 1.20 bits per heavy atom. The number of nitrogens with one attached hydrogen (secondary N) is 1. The average molecular weight is 484 g/mol. The van der Waals surface area contributed by atoms with Gasteiger partial charge in [0.15, 0.2) is 0 Å².